The fourth-order valence-corrected chi connectivity index (χ4v) is 3.89. The third-order valence-corrected chi connectivity index (χ3v) is 4.63. The number of halogens is 1. The highest BCUT2D eigenvalue weighted by Crippen LogP contribution is 2.42. The topological polar surface area (TPSA) is 29.5 Å². The molecule has 1 aromatic carbocycles. The van der Waals surface area contributed by atoms with Gasteiger partial charge in [0.25, 0.3) is 0 Å². The zero-order valence-electron chi connectivity index (χ0n) is 15.3. The molecule has 1 aromatic rings. The molecule has 0 saturated carbocycles. The summed E-state index contributed by atoms with van der Waals surface area (Å²) in [5, 5.41) is 0. The van der Waals surface area contributed by atoms with Crippen LogP contribution in [-0.4, -0.2) is 17.7 Å². The average molecular weight is 382 g/mol. The van der Waals surface area contributed by atoms with Crippen LogP contribution < -0.4 is 4.90 Å². The van der Waals surface area contributed by atoms with E-state index in [-0.39, 0.29) is 17.6 Å². The highest BCUT2D eigenvalue weighted by atomic mass is 79.9. The molecule has 0 N–H and O–H groups in total. The van der Waals surface area contributed by atoms with Crippen molar-refractivity contribution in [3.63, 3.8) is 0 Å². The highest BCUT2D eigenvalue weighted by molar-refractivity contribution is 9.10. The number of rotatable bonds is 0. The Labute approximate surface area is 148 Å². The SMILES string of the molecule is Cc1cc(Br)cc2c1N(C(=O)OC(C)(C)C)C(C(C)(C)C)CC2. The maximum absolute atomic E-state index is 13.0. The third-order valence-electron chi connectivity index (χ3n) is 4.17. The highest BCUT2D eigenvalue weighted by Gasteiger charge is 2.40. The minimum atomic E-state index is -0.500. The lowest BCUT2D eigenvalue weighted by Crippen LogP contribution is -2.52. The second-order valence-electron chi connectivity index (χ2n) is 8.50. The molecule has 1 unspecified atom stereocenters. The second kappa shape index (κ2) is 6.12. The van der Waals surface area contributed by atoms with Crippen molar-refractivity contribution in [2.45, 2.75) is 73.0 Å². The number of anilines is 1. The first-order chi connectivity index (χ1) is 10.4. The first-order valence-electron chi connectivity index (χ1n) is 8.21. The predicted molar refractivity (Wildman–Crippen MR) is 99.2 cm³/mol. The smallest absolute Gasteiger partial charge is 0.415 e. The summed E-state index contributed by atoms with van der Waals surface area (Å²) in [5.74, 6) is 0. The molecule has 1 aliphatic rings. The van der Waals surface area contributed by atoms with Gasteiger partial charge in [-0.05, 0) is 69.2 Å². The van der Waals surface area contributed by atoms with Crippen LogP contribution in [0.3, 0.4) is 0 Å². The van der Waals surface area contributed by atoms with Crippen molar-refractivity contribution in [1.29, 1.82) is 0 Å². The van der Waals surface area contributed by atoms with E-state index < -0.39 is 5.60 Å². The summed E-state index contributed by atoms with van der Waals surface area (Å²) in [6.45, 7) is 14.4. The van der Waals surface area contributed by atoms with Gasteiger partial charge in [0.05, 0.1) is 5.69 Å². The van der Waals surface area contributed by atoms with E-state index in [4.69, 9.17) is 4.74 Å². The van der Waals surface area contributed by atoms with Crippen LogP contribution in [0, 0.1) is 12.3 Å². The van der Waals surface area contributed by atoms with Crippen molar-refractivity contribution in [3.05, 3.63) is 27.7 Å². The summed E-state index contributed by atoms with van der Waals surface area (Å²) < 4.78 is 6.78. The number of carbonyl (C=O) groups excluding carboxylic acids is 1. The molecule has 1 aliphatic heterocycles. The Bertz CT molecular complexity index is 611. The summed E-state index contributed by atoms with van der Waals surface area (Å²) in [7, 11) is 0. The molecule has 0 saturated heterocycles. The third kappa shape index (κ3) is 4.09. The predicted octanol–water partition coefficient (Wildman–Crippen LogP) is 5.86. The van der Waals surface area contributed by atoms with E-state index in [9.17, 15) is 4.79 Å². The van der Waals surface area contributed by atoms with Crippen LogP contribution in [0.4, 0.5) is 10.5 Å². The van der Waals surface area contributed by atoms with Gasteiger partial charge in [0.15, 0.2) is 0 Å². The molecule has 0 aliphatic carbocycles. The van der Waals surface area contributed by atoms with Gasteiger partial charge in [0.2, 0.25) is 0 Å². The van der Waals surface area contributed by atoms with Crippen molar-refractivity contribution in [2.24, 2.45) is 5.41 Å². The van der Waals surface area contributed by atoms with Gasteiger partial charge in [-0.3, -0.25) is 4.90 Å². The molecular weight excluding hydrogens is 354 g/mol. The molecule has 0 radical (unpaired) electrons. The molecule has 0 spiro atoms. The molecule has 128 valence electrons. The Hall–Kier alpha value is -1.03. The van der Waals surface area contributed by atoms with Crippen LogP contribution in [0.1, 0.15) is 59.1 Å². The maximum Gasteiger partial charge on any atom is 0.415 e. The Balaban J connectivity index is 2.54. The van der Waals surface area contributed by atoms with Gasteiger partial charge in [-0.1, -0.05) is 36.7 Å². The van der Waals surface area contributed by atoms with Crippen molar-refractivity contribution in [2.75, 3.05) is 4.90 Å². The van der Waals surface area contributed by atoms with E-state index in [1.165, 1.54) is 5.56 Å². The summed E-state index contributed by atoms with van der Waals surface area (Å²) in [4.78, 5) is 14.9. The van der Waals surface area contributed by atoms with E-state index in [1.54, 1.807) is 0 Å². The van der Waals surface area contributed by atoms with E-state index in [1.807, 2.05) is 25.7 Å². The number of aryl methyl sites for hydroxylation is 2. The Morgan fingerprint density at radius 1 is 1.22 bits per heavy atom. The molecule has 3 nitrogen and oxygen atoms in total. The van der Waals surface area contributed by atoms with Crippen LogP contribution in [-0.2, 0) is 11.2 Å². The van der Waals surface area contributed by atoms with Gasteiger partial charge in [-0.2, -0.15) is 0 Å². The Morgan fingerprint density at radius 3 is 2.35 bits per heavy atom. The number of amides is 1. The lowest BCUT2D eigenvalue weighted by molar-refractivity contribution is 0.0531. The van der Waals surface area contributed by atoms with Crippen LogP contribution in [0.15, 0.2) is 16.6 Å². The molecular formula is C19H28BrNO2. The van der Waals surface area contributed by atoms with Gasteiger partial charge in [0, 0.05) is 10.5 Å². The zero-order chi connectivity index (χ0) is 17.6. The monoisotopic (exact) mass is 381 g/mol. The van der Waals surface area contributed by atoms with Gasteiger partial charge in [-0.15, -0.1) is 0 Å². The number of benzene rings is 1. The molecule has 23 heavy (non-hydrogen) atoms. The number of ether oxygens (including phenoxy) is 1. The fraction of sp³-hybridized carbons (Fsp3) is 0.632. The van der Waals surface area contributed by atoms with Crippen LogP contribution >= 0.6 is 15.9 Å². The number of fused-ring (bicyclic) bond motifs is 1. The van der Waals surface area contributed by atoms with Gasteiger partial charge in [0.1, 0.15) is 5.60 Å². The van der Waals surface area contributed by atoms with E-state index in [0.29, 0.717) is 0 Å². The fourth-order valence-electron chi connectivity index (χ4n) is 3.27. The molecule has 1 heterocycles. The largest absolute Gasteiger partial charge is 0.443 e. The van der Waals surface area contributed by atoms with Crippen LogP contribution in [0.5, 0.6) is 0 Å². The molecule has 2 rings (SSSR count). The summed E-state index contributed by atoms with van der Waals surface area (Å²) in [6, 6.07) is 4.32. The maximum atomic E-state index is 13.0. The quantitative estimate of drug-likeness (QED) is 0.562. The minimum absolute atomic E-state index is 0.00585. The van der Waals surface area contributed by atoms with Crippen LogP contribution in [0.2, 0.25) is 0 Å². The average Bonchev–Trinajstić information content (AvgIpc) is 2.33. The van der Waals surface area contributed by atoms with Crippen LogP contribution in [0.25, 0.3) is 0 Å². The molecule has 1 amide bonds. The van der Waals surface area contributed by atoms with Gasteiger partial charge >= 0.3 is 6.09 Å². The molecule has 1 atom stereocenters. The lowest BCUT2D eigenvalue weighted by Gasteiger charge is -2.45. The standard InChI is InChI=1S/C19H28BrNO2/c1-12-10-14(20)11-13-8-9-15(18(2,3)4)21(16(12)13)17(22)23-19(5,6)7/h10-11,15H,8-9H2,1-7H3. The summed E-state index contributed by atoms with van der Waals surface area (Å²) in [6.07, 6.45) is 1.69. The molecule has 4 heteroatoms. The van der Waals surface area contributed by atoms with Crippen molar-refractivity contribution < 1.29 is 9.53 Å². The number of hydrogen-bond donors (Lipinski definition) is 0. The van der Waals surface area contributed by atoms with Crippen molar-refractivity contribution in [3.8, 4) is 0 Å². The minimum Gasteiger partial charge on any atom is -0.443 e. The molecule has 0 bridgehead atoms. The summed E-state index contributed by atoms with van der Waals surface area (Å²) >= 11 is 3.57. The second-order valence-corrected chi connectivity index (χ2v) is 9.42. The molecule has 0 aromatic heterocycles. The molecule has 0 fully saturated rings. The van der Waals surface area contributed by atoms with Crippen molar-refractivity contribution in [1.82, 2.24) is 0 Å². The number of nitrogens with zero attached hydrogens (tertiary/aromatic N) is 1. The first-order valence-corrected chi connectivity index (χ1v) is 9.00. The number of carbonyl (C=O) groups is 1. The van der Waals surface area contributed by atoms with E-state index >= 15 is 0 Å². The Kier molecular flexibility index (Phi) is 4.87. The van der Waals surface area contributed by atoms with E-state index in [2.05, 4.69) is 55.8 Å². The van der Waals surface area contributed by atoms with Gasteiger partial charge < -0.3 is 4.74 Å². The van der Waals surface area contributed by atoms with Gasteiger partial charge in [-0.25, -0.2) is 4.79 Å². The number of hydrogen-bond acceptors (Lipinski definition) is 2. The summed E-state index contributed by atoms with van der Waals surface area (Å²) in [5.41, 5.74) is 2.83. The first kappa shape index (κ1) is 18.3. The van der Waals surface area contributed by atoms with Crippen molar-refractivity contribution >= 4 is 27.7 Å². The Morgan fingerprint density at radius 2 is 1.83 bits per heavy atom. The zero-order valence-corrected chi connectivity index (χ0v) is 16.9. The lowest BCUT2D eigenvalue weighted by atomic mass is 9.79. The normalized spacial score (nSPS) is 18.6. The van der Waals surface area contributed by atoms with E-state index in [0.717, 1.165) is 28.6 Å².